The Hall–Kier alpha value is -3.60. The Balaban J connectivity index is 1.55. The molecule has 0 unspecified atom stereocenters. The summed E-state index contributed by atoms with van der Waals surface area (Å²) in [6.07, 6.45) is 0.897. The van der Waals surface area contributed by atoms with Crippen molar-refractivity contribution in [3.05, 3.63) is 89.5 Å². The Morgan fingerprint density at radius 3 is 2.58 bits per heavy atom. The predicted octanol–water partition coefficient (Wildman–Crippen LogP) is 4.03. The number of para-hydroxylation sites is 1. The number of hydrogen-bond acceptors (Lipinski definition) is 3. The van der Waals surface area contributed by atoms with E-state index in [1.165, 1.54) is 0 Å². The summed E-state index contributed by atoms with van der Waals surface area (Å²) < 4.78 is 5.57. The second-order valence-corrected chi connectivity index (χ2v) is 8.56. The van der Waals surface area contributed by atoms with E-state index in [1.807, 2.05) is 72.5 Å². The molecule has 1 aliphatic heterocycles. The average molecular weight is 443 g/mol. The van der Waals surface area contributed by atoms with Gasteiger partial charge in [0.1, 0.15) is 5.75 Å². The zero-order valence-electron chi connectivity index (χ0n) is 19.2. The van der Waals surface area contributed by atoms with Crippen LogP contribution in [-0.4, -0.2) is 43.5 Å². The first-order valence-electron chi connectivity index (χ1n) is 11.4. The maximum absolute atomic E-state index is 13.1. The van der Waals surface area contributed by atoms with E-state index in [2.05, 4.69) is 17.4 Å². The Labute approximate surface area is 195 Å². The SMILES string of the molecule is COc1ccccc1-c1ccccc1C[C@@H]1CN(C(=O)Cc2cccc(C)c2)CCNC1=O. The highest BCUT2D eigenvalue weighted by Crippen LogP contribution is 2.33. The first-order chi connectivity index (χ1) is 16.0. The highest BCUT2D eigenvalue weighted by atomic mass is 16.5. The lowest BCUT2D eigenvalue weighted by Gasteiger charge is -2.24. The van der Waals surface area contributed by atoms with E-state index in [0.29, 0.717) is 32.5 Å². The summed E-state index contributed by atoms with van der Waals surface area (Å²) >= 11 is 0. The predicted molar refractivity (Wildman–Crippen MR) is 130 cm³/mol. The van der Waals surface area contributed by atoms with Gasteiger partial charge in [0.15, 0.2) is 0 Å². The van der Waals surface area contributed by atoms with Crippen LogP contribution in [0.1, 0.15) is 16.7 Å². The number of aryl methyl sites for hydroxylation is 1. The monoisotopic (exact) mass is 442 g/mol. The number of methoxy groups -OCH3 is 1. The minimum atomic E-state index is -0.315. The molecule has 4 rings (SSSR count). The highest BCUT2D eigenvalue weighted by molar-refractivity contribution is 5.83. The fourth-order valence-electron chi connectivity index (χ4n) is 4.48. The van der Waals surface area contributed by atoms with Gasteiger partial charge in [-0.2, -0.15) is 0 Å². The van der Waals surface area contributed by atoms with Gasteiger partial charge < -0.3 is 15.0 Å². The minimum absolute atomic E-state index is 0.00400. The van der Waals surface area contributed by atoms with E-state index in [-0.39, 0.29) is 17.7 Å². The van der Waals surface area contributed by atoms with Crippen molar-refractivity contribution < 1.29 is 14.3 Å². The van der Waals surface area contributed by atoms with Crippen molar-refractivity contribution in [2.75, 3.05) is 26.7 Å². The number of benzene rings is 3. The number of rotatable bonds is 6. The van der Waals surface area contributed by atoms with Gasteiger partial charge in [0.05, 0.1) is 19.4 Å². The third kappa shape index (κ3) is 5.43. The van der Waals surface area contributed by atoms with Gasteiger partial charge in [-0.3, -0.25) is 9.59 Å². The molecule has 170 valence electrons. The van der Waals surface area contributed by atoms with Crippen LogP contribution in [0.15, 0.2) is 72.8 Å². The third-order valence-corrected chi connectivity index (χ3v) is 6.16. The summed E-state index contributed by atoms with van der Waals surface area (Å²) in [6, 6.07) is 24.0. The highest BCUT2D eigenvalue weighted by Gasteiger charge is 2.28. The molecule has 3 aromatic carbocycles. The van der Waals surface area contributed by atoms with Crippen LogP contribution in [0.5, 0.6) is 5.75 Å². The van der Waals surface area contributed by atoms with Crippen LogP contribution in [0.4, 0.5) is 0 Å². The van der Waals surface area contributed by atoms with E-state index >= 15 is 0 Å². The van der Waals surface area contributed by atoms with Gasteiger partial charge in [-0.05, 0) is 36.1 Å². The van der Waals surface area contributed by atoms with Crippen LogP contribution in [0.3, 0.4) is 0 Å². The number of ether oxygens (including phenoxy) is 1. The van der Waals surface area contributed by atoms with Crippen LogP contribution < -0.4 is 10.1 Å². The Kier molecular flexibility index (Phi) is 7.08. The van der Waals surface area contributed by atoms with Crippen molar-refractivity contribution in [3.63, 3.8) is 0 Å². The lowest BCUT2D eigenvalue weighted by atomic mass is 9.91. The lowest BCUT2D eigenvalue weighted by Crippen LogP contribution is -2.38. The topological polar surface area (TPSA) is 58.6 Å². The van der Waals surface area contributed by atoms with E-state index < -0.39 is 0 Å². The maximum atomic E-state index is 13.1. The van der Waals surface area contributed by atoms with Crippen LogP contribution in [-0.2, 0) is 22.4 Å². The zero-order valence-corrected chi connectivity index (χ0v) is 19.2. The van der Waals surface area contributed by atoms with Gasteiger partial charge in [0.2, 0.25) is 11.8 Å². The number of hydrogen-bond donors (Lipinski definition) is 1. The van der Waals surface area contributed by atoms with E-state index in [4.69, 9.17) is 4.74 Å². The first-order valence-corrected chi connectivity index (χ1v) is 11.4. The average Bonchev–Trinajstić information content (AvgIpc) is 3.01. The quantitative estimate of drug-likeness (QED) is 0.627. The molecule has 0 radical (unpaired) electrons. The van der Waals surface area contributed by atoms with Gasteiger partial charge >= 0.3 is 0 Å². The molecule has 0 bridgehead atoms. The van der Waals surface area contributed by atoms with Crippen LogP contribution in [0.2, 0.25) is 0 Å². The molecule has 1 fully saturated rings. The van der Waals surface area contributed by atoms with Crippen LogP contribution in [0, 0.1) is 12.8 Å². The zero-order chi connectivity index (χ0) is 23.2. The number of carbonyl (C=O) groups is 2. The Morgan fingerprint density at radius 1 is 1.03 bits per heavy atom. The smallest absolute Gasteiger partial charge is 0.227 e. The molecule has 5 nitrogen and oxygen atoms in total. The summed E-state index contributed by atoms with van der Waals surface area (Å²) in [6.45, 7) is 3.44. The van der Waals surface area contributed by atoms with Crippen molar-refractivity contribution in [2.24, 2.45) is 5.92 Å². The van der Waals surface area contributed by atoms with Crippen molar-refractivity contribution in [1.82, 2.24) is 10.2 Å². The number of carbonyl (C=O) groups excluding carboxylic acids is 2. The number of nitrogens with zero attached hydrogens (tertiary/aromatic N) is 1. The molecule has 0 aromatic heterocycles. The molecule has 2 amide bonds. The molecule has 1 saturated heterocycles. The third-order valence-electron chi connectivity index (χ3n) is 6.16. The Morgan fingerprint density at radius 2 is 1.79 bits per heavy atom. The molecule has 1 N–H and O–H groups in total. The van der Waals surface area contributed by atoms with Crippen LogP contribution >= 0.6 is 0 Å². The molecule has 0 aliphatic carbocycles. The van der Waals surface area contributed by atoms with Gasteiger partial charge in [0, 0.05) is 25.2 Å². The minimum Gasteiger partial charge on any atom is -0.496 e. The van der Waals surface area contributed by atoms with Crippen molar-refractivity contribution in [2.45, 2.75) is 19.8 Å². The summed E-state index contributed by atoms with van der Waals surface area (Å²) in [5.41, 5.74) is 5.25. The second-order valence-electron chi connectivity index (χ2n) is 8.56. The summed E-state index contributed by atoms with van der Waals surface area (Å²) in [7, 11) is 1.66. The standard InChI is InChI=1S/C28H30N2O3/c1-20-8-7-9-21(16-20)17-27(31)30-15-14-29-28(32)23(19-30)18-22-10-3-4-11-24(22)25-12-5-6-13-26(25)33-2/h3-13,16,23H,14-15,17-19H2,1-2H3,(H,29,32)/t23-/m1/s1. The largest absolute Gasteiger partial charge is 0.496 e. The molecule has 0 spiro atoms. The molecule has 3 aromatic rings. The molecule has 5 heteroatoms. The fraction of sp³-hybridized carbons (Fsp3) is 0.286. The second kappa shape index (κ2) is 10.3. The molecule has 1 aliphatic rings. The molecule has 0 saturated carbocycles. The summed E-state index contributed by atoms with van der Waals surface area (Å²) in [5, 5.41) is 3.00. The van der Waals surface area contributed by atoms with Gasteiger partial charge in [-0.25, -0.2) is 0 Å². The van der Waals surface area contributed by atoms with Crippen LogP contribution in [0.25, 0.3) is 11.1 Å². The molecule has 1 heterocycles. The first kappa shape index (κ1) is 22.6. The van der Waals surface area contributed by atoms with Crippen molar-refractivity contribution in [3.8, 4) is 16.9 Å². The number of nitrogens with one attached hydrogen (secondary N) is 1. The molecular formula is C28H30N2O3. The Bertz CT molecular complexity index is 1140. The van der Waals surface area contributed by atoms with E-state index in [1.54, 1.807) is 7.11 Å². The lowest BCUT2D eigenvalue weighted by molar-refractivity contribution is -0.131. The normalized spacial score (nSPS) is 16.1. The molecule has 33 heavy (non-hydrogen) atoms. The van der Waals surface area contributed by atoms with Gasteiger partial charge in [-0.1, -0.05) is 72.3 Å². The molecular weight excluding hydrogens is 412 g/mol. The van der Waals surface area contributed by atoms with Gasteiger partial charge in [0.25, 0.3) is 0 Å². The van der Waals surface area contributed by atoms with Crippen molar-refractivity contribution >= 4 is 11.8 Å². The summed E-state index contributed by atoms with van der Waals surface area (Å²) in [4.78, 5) is 27.8. The maximum Gasteiger partial charge on any atom is 0.227 e. The van der Waals surface area contributed by atoms with E-state index in [0.717, 1.165) is 33.6 Å². The van der Waals surface area contributed by atoms with Gasteiger partial charge in [-0.15, -0.1) is 0 Å². The van der Waals surface area contributed by atoms with Crippen molar-refractivity contribution in [1.29, 1.82) is 0 Å². The molecule has 1 atom stereocenters. The fourth-order valence-corrected chi connectivity index (χ4v) is 4.48. The number of amides is 2. The summed E-state index contributed by atoms with van der Waals surface area (Å²) in [5.74, 6) is 0.533. The van der Waals surface area contributed by atoms with E-state index in [9.17, 15) is 9.59 Å².